The van der Waals surface area contributed by atoms with Crippen molar-refractivity contribution in [3.63, 3.8) is 0 Å². The molecule has 1 aliphatic rings. The van der Waals surface area contributed by atoms with Crippen LogP contribution in [-0.4, -0.2) is 37.8 Å². The minimum Gasteiger partial charge on any atom is -0.356 e. The Morgan fingerprint density at radius 1 is 1.31 bits per heavy atom. The molecule has 2 rings (SSSR count). The van der Waals surface area contributed by atoms with Gasteiger partial charge in [-0.3, -0.25) is 4.79 Å². The average molecular weight is 401 g/mol. The fourth-order valence-corrected chi connectivity index (χ4v) is 6.56. The molecule has 1 fully saturated rings. The number of sulfonamides is 1. The summed E-state index contributed by atoms with van der Waals surface area (Å²) in [6.07, 6.45) is 7.35. The van der Waals surface area contributed by atoms with Gasteiger partial charge in [0.15, 0.2) is 0 Å². The standard InChI is InChI=1S/C19H32N2O3S2/c1-3-8-16(9-4-2)19(22)20-13-12-17-10-5-6-14-21(17)26(23,24)18-11-7-15-25-18/h7,11,15-17H,3-6,8-10,12-14H2,1-2H3,(H,20,22). The lowest BCUT2D eigenvalue weighted by atomic mass is 9.97. The number of thiophene rings is 1. The summed E-state index contributed by atoms with van der Waals surface area (Å²) in [6.45, 7) is 5.33. The van der Waals surface area contributed by atoms with Crippen molar-refractivity contribution in [1.82, 2.24) is 9.62 Å². The van der Waals surface area contributed by atoms with Crippen molar-refractivity contribution in [2.24, 2.45) is 5.92 Å². The zero-order valence-electron chi connectivity index (χ0n) is 15.9. The molecule has 1 aromatic rings. The average Bonchev–Trinajstić information content (AvgIpc) is 3.17. The summed E-state index contributed by atoms with van der Waals surface area (Å²) >= 11 is 1.27. The summed E-state index contributed by atoms with van der Waals surface area (Å²) < 4.78 is 27.8. The third-order valence-electron chi connectivity index (χ3n) is 5.05. The van der Waals surface area contributed by atoms with E-state index in [-0.39, 0.29) is 17.9 Å². The maximum Gasteiger partial charge on any atom is 0.252 e. The minimum absolute atomic E-state index is 0.0213. The number of amides is 1. The van der Waals surface area contributed by atoms with Crippen molar-refractivity contribution < 1.29 is 13.2 Å². The summed E-state index contributed by atoms with van der Waals surface area (Å²) in [5.41, 5.74) is 0. The Bertz CT molecular complexity index is 638. The van der Waals surface area contributed by atoms with Crippen molar-refractivity contribution in [2.45, 2.75) is 75.5 Å². The summed E-state index contributed by atoms with van der Waals surface area (Å²) in [5.74, 6) is 0.208. The van der Waals surface area contributed by atoms with Crippen LogP contribution in [0.15, 0.2) is 21.7 Å². The highest BCUT2D eigenvalue weighted by atomic mass is 32.2. The van der Waals surface area contributed by atoms with Crippen LogP contribution in [-0.2, 0) is 14.8 Å². The van der Waals surface area contributed by atoms with E-state index < -0.39 is 10.0 Å². The third kappa shape index (κ3) is 5.54. The second-order valence-corrected chi connectivity index (χ2v) is 10.1. The van der Waals surface area contributed by atoms with Crippen LogP contribution < -0.4 is 5.32 Å². The molecule has 1 atom stereocenters. The second kappa shape index (κ2) is 10.4. The topological polar surface area (TPSA) is 66.5 Å². The first-order chi connectivity index (χ1) is 12.5. The Kier molecular flexibility index (Phi) is 8.57. The highest BCUT2D eigenvalue weighted by Gasteiger charge is 2.33. The Morgan fingerprint density at radius 3 is 2.65 bits per heavy atom. The highest BCUT2D eigenvalue weighted by Crippen LogP contribution is 2.29. The maximum atomic E-state index is 12.9. The predicted octanol–water partition coefficient (Wildman–Crippen LogP) is 4.01. The van der Waals surface area contributed by atoms with E-state index in [1.807, 2.05) is 0 Å². The molecule has 1 amide bonds. The molecule has 1 unspecified atom stereocenters. The van der Waals surface area contributed by atoms with Gasteiger partial charge in [0.25, 0.3) is 10.0 Å². The Morgan fingerprint density at radius 2 is 2.04 bits per heavy atom. The third-order valence-corrected chi connectivity index (χ3v) is 8.38. The molecule has 0 saturated carbocycles. The zero-order chi connectivity index (χ0) is 19.0. The van der Waals surface area contributed by atoms with Gasteiger partial charge in [-0.1, -0.05) is 39.2 Å². The Hall–Kier alpha value is -0.920. The van der Waals surface area contributed by atoms with Gasteiger partial charge in [-0.05, 0) is 43.6 Å². The van der Waals surface area contributed by atoms with Crippen molar-refractivity contribution >= 4 is 27.3 Å². The van der Waals surface area contributed by atoms with Crippen LogP contribution in [0.5, 0.6) is 0 Å². The lowest BCUT2D eigenvalue weighted by molar-refractivity contribution is -0.125. The van der Waals surface area contributed by atoms with E-state index in [0.717, 1.165) is 44.9 Å². The fraction of sp³-hybridized carbons (Fsp3) is 0.737. The van der Waals surface area contributed by atoms with Crippen molar-refractivity contribution in [2.75, 3.05) is 13.1 Å². The molecule has 1 aromatic heterocycles. The number of hydrogen-bond acceptors (Lipinski definition) is 4. The van der Waals surface area contributed by atoms with Crippen molar-refractivity contribution in [3.8, 4) is 0 Å². The number of nitrogens with zero attached hydrogens (tertiary/aromatic N) is 1. The lowest BCUT2D eigenvalue weighted by Gasteiger charge is -2.34. The van der Waals surface area contributed by atoms with Crippen LogP contribution in [0.3, 0.4) is 0 Å². The van der Waals surface area contributed by atoms with Crippen molar-refractivity contribution in [3.05, 3.63) is 17.5 Å². The van der Waals surface area contributed by atoms with Gasteiger partial charge in [0.1, 0.15) is 4.21 Å². The summed E-state index contributed by atoms with van der Waals surface area (Å²) in [5, 5.41) is 4.85. The van der Waals surface area contributed by atoms with Gasteiger partial charge in [-0.25, -0.2) is 8.42 Å². The van der Waals surface area contributed by atoms with Crippen LogP contribution in [0.2, 0.25) is 0 Å². The van der Waals surface area contributed by atoms with E-state index in [1.165, 1.54) is 11.3 Å². The van der Waals surface area contributed by atoms with Gasteiger partial charge in [-0.15, -0.1) is 11.3 Å². The summed E-state index contributed by atoms with van der Waals surface area (Å²) in [7, 11) is -3.41. The molecule has 0 bridgehead atoms. The molecule has 0 spiro atoms. The molecule has 0 radical (unpaired) electrons. The van der Waals surface area contributed by atoms with E-state index in [2.05, 4.69) is 19.2 Å². The molecule has 0 aromatic carbocycles. The summed E-state index contributed by atoms with van der Waals surface area (Å²) in [4.78, 5) is 12.4. The molecule has 1 aliphatic heterocycles. The first kappa shape index (κ1) is 21.4. The lowest BCUT2D eigenvalue weighted by Crippen LogP contribution is -2.45. The van der Waals surface area contributed by atoms with Crippen LogP contribution in [0.25, 0.3) is 0 Å². The smallest absolute Gasteiger partial charge is 0.252 e. The van der Waals surface area contributed by atoms with Crippen LogP contribution >= 0.6 is 11.3 Å². The quantitative estimate of drug-likeness (QED) is 0.645. The Balaban J connectivity index is 1.93. The number of carbonyl (C=O) groups excluding carboxylic acids is 1. The normalized spacial score (nSPS) is 19.0. The molecular formula is C19H32N2O3S2. The van der Waals surface area contributed by atoms with Gasteiger partial charge in [0, 0.05) is 25.0 Å². The van der Waals surface area contributed by atoms with E-state index >= 15 is 0 Å². The SMILES string of the molecule is CCCC(CCC)C(=O)NCCC1CCCCN1S(=O)(=O)c1cccs1. The van der Waals surface area contributed by atoms with Gasteiger partial charge >= 0.3 is 0 Å². The molecule has 2 heterocycles. The highest BCUT2D eigenvalue weighted by molar-refractivity contribution is 7.91. The molecule has 1 N–H and O–H groups in total. The van der Waals surface area contributed by atoms with E-state index in [9.17, 15) is 13.2 Å². The Labute approximate surface area is 162 Å². The number of carbonyl (C=O) groups is 1. The molecule has 5 nitrogen and oxygen atoms in total. The zero-order valence-corrected chi connectivity index (χ0v) is 17.6. The van der Waals surface area contributed by atoms with Gasteiger partial charge < -0.3 is 5.32 Å². The van der Waals surface area contributed by atoms with E-state index in [1.54, 1.807) is 21.8 Å². The molecule has 7 heteroatoms. The maximum absolute atomic E-state index is 12.9. The molecular weight excluding hydrogens is 368 g/mol. The largest absolute Gasteiger partial charge is 0.356 e. The van der Waals surface area contributed by atoms with Gasteiger partial charge in [-0.2, -0.15) is 4.31 Å². The van der Waals surface area contributed by atoms with Crippen LogP contribution in [0.4, 0.5) is 0 Å². The molecule has 1 saturated heterocycles. The molecule has 26 heavy (non-hydrogen) atoms. The van der Waals surface area contributed by atoms with E-state index in [4.69, 9.17) is 0 Å². The predicted molar refractivity (Wildman–Crippen MR) is 107 cm³/mol. The number of rotatable bonds is 10. The minimum atomic E-state index is -3.41. The van der Waals surface area contributed by atoms with Crippen LogP contribution in [0.1, 0.15) is 65.2 Å². The first-order valence-electron chi connectivity index (χ1n) is 9.83. The number of nitrogens with one attached hydrogen (secondary N) is 1. The number of piperidine rings is 1. The van der Waals surface area contributed by atoms with Crippen LogP contribution in [0, 0.1) is 5.92 Å². The number of hydrogen-bond donors (Lipinski definition) is 1. The first-order valence-corrected chi connectivity index (χ1v) is 12.2. The molecule has 148 valence electrons. The van der Waals surface area contributed by atoms with Gasteiger partial charge in [0.2, 0.25) is 5.91 Å². The monoisotopic (exact) mass is 400 g/mol. The summed E-state index contributed by atoms with van der Waals surface area (Å²) in [6, 6.07) is 3.43. The van der Waals surface area contributed by atoms with Crippen molar-refractivity contribution in [1.29, 1.82) is 0 Å². The molecule has 0 aliphatic carbocycles. The second-order valence-electron chi connectivity index (χ2n) is 7.05. The van der Waals surface area contributed by atoms with Gasteiger partial charge in [0.05, 0.1) is 0 Å². The fourth-order valence-electron chi connectivity index (χ4n) is 3.71. The van der Waals surface area contributed by atoms with E-state index in [0.29, 0.717) is 23.7 Å².